The summed E-state index contributed by atoms with van der Waals surface area (Å²) < 4.78 is 10.8. The number of anilines is 1. The summed E-state index contributed by atoms with van der Waals surface area (Å²) in [5.41, 5.74) is 3.65. The minimum absolute atomic E-state index is 0.251. The molecule has 0 aliphatic carbocycles. The quantitative estimate of drug-likeness (QED) is 0.859. The third kappa shape index (κ3) is 3.79. The third-order valence-corrected chi connectivity index (χ3v) is 4.80. The van der Waals surface area contributed by atoms with Gasteiger partial charge in [-0.25, -0.2) is 0 Å². The second-order valence-electron chi connectivity index (χ2n) is 6.30. The number of carbonyl (C=O) groups is 1. The van der Waals surface area contributed by atoms with E-state index in [9.17, 15) is 4.79 Å². The summed E-state index contributed by atoms with van der Waals surface area (Å²) >= 11 is 6.25. The number of carbonyl (C=O) groups excluding carboxylic acids is 1. The van der Waals surface area contributed by atoms with Crippen molar-refractivity contribution in [2.24, 2.45) is 0 Å². The van der Waals surface area contributed by atoms with Crippen molar-refractivity contribution in [1.29, 1.82) is 0 Å². The van der Waals surface area contributed by atoms with E-state index in [1.807, 2.05) is 19.1 Å². The first-order valence-electron chi connectivity index (χ1n) is 8.64. The van der Waals surface area contributed by atoms with Gasteiger partial charge in [0.25, 0.3) is 5.91 Å². The first kappa shape index (κ1) is 18.5. The molecule has 0 spiro atoms. The van der Waals surface area contributed by atoms with Crippen LogP contribution in [0.3, 0.4) is 0 Å². The summed E-state index contributed by atoms with van der Waals surface area (Å²) in [6.45, 7) is 4.22. The maximum Gasteiger partial charge on any atom is 0.259 e. The molecule has 5 nitrogen and oxygen atoms in total. The summed E-state index contributed by atoms with van der Waals surface area (Å²) in [7, 11) is 3.62. The second-order valence-corrected chi connectivity index (χ2v) is 6.71. The summed E-state index contributed by atoms with van der Waals surface area (Å²) in [6, 6.07) is 9.25. The highest BCUT2D eigenvalue weighted by atomic mass is 35.5. The molecule has 1 N–H and O–H groups in total. The highest BCUT2D eigenvalue weighted by Gasteiger charge is 2.20. The number of hydrogen-bond acceptors (Lipinski definition) is 4. The number of hydrogen-bond donors (Lipinski definition) is 1. The number of fused-ring (bicyclic) bond motifs is 1. The molecular weight excluding hydrogens is 352 g/mol. The minimum Gasteiger partial charge on any atom is -0.496 e. The molecule has 0 fully saturated rings. The zero-order chi connectivity index (χ0) is 18.7. The number of amides is 1. The molecule has 0 radical (unpaired) electrons. The number of nitrogens with zero attached hydrogens (tertiary/aromatic N) is 1. The zero-order valence-electron chi connectivity index (χ0n) is 15.3. The van der Waals surface area contributed by atoms with Crippen molar-refractivity contribution in [3.63, 3.8) is 0 Å². The standard InChI is InChI=1S/C20H23ClN2O3/c1-4-26-19-11-18(25-3)15(10-16(19)21)20(24)22-17-7-5-6-13-12-23(2)9-8-14(13)17/h5-7,10-11H,4,8-9,12H2,1-3H3,(H,22,24). The molecule has 0 saturated carbocycles. The molecule has 1 aliphatic rings. The molecule has 1 amide bonds. The van der Waals surface area contributed by atoms with Crippen molar-refractivity contribution in [2.45, 2.75) is 19.9 Å². The monoisotopic (exact) mass is 374 g/mol. The Bertz CT molecular complexity index is 823. The van der Waals surface area contributed by atoms with Gasteiger partial charge in [-0.15, -0.1) is 0 Å². The van der Waals surface area contributed by atoms with Crippen LogP contribution >= 0.6 is 11.6 Å². The van der Waals surface area contributed by atoms with Crippen molar-refractivity contribution in [3.8, 4) is 11.5 Å². The van der Waals surface area contributed by atoms with Gasteiger partial charge in [0.05, 0.1) is 24.3 Å². The lowest BCUT2D eigenvalue weighted by atomic mass is 9.98. The van der Waals surface area contributed by atoms with Crippen LogP contribution in [-0.2, 0) is 13.0 Å². The normalized spacial score (nSPS) is 13.8. The molecule has 0 saturated heterocycles. The largest absolute Gasteiger partial charge is 0.496 e. The van der Waals surface area contributed by atoms with E-state index in [0.717, 1.165) is 25.2 Å². The fraction of sp³-hybridized carbons (Fsp3) is 0.350. The van der Waals surface area contributed by atoms with E-state index in [0.29, 0.717) is 28.7 Å². The molecule has 0 aromatic heterocycles. The predicted molar refractivity (Wildman–Crippen MR) is 104 cm³/mol. The van der Waals surface area contributed by atoms with E-state index >= 15 is 0 Å². The molecule has 138 valence electrons. The SMILES string of the molecule is CCOc1cc(OC)c(C(=O)Nc2cccc3c2CCN(C)C3)cc1Cl. The highest BCUT2D eigenvalue weighted by Crippen LogP contribution is 2.34. The van der Waals surface area contributed by atoms with E-state index in [2.05, 4.69) is 23.3 Å². The van der Waals surface area contributed by atoms with Gasteiger partial charge in [0.15, 0.2) is 0 Å². The summed E-state index contributed by atoms with van der Waals surface area (Å²) in [5.74, 6) is 0.682. The number of benzene rings is 2. The third-order valence-electron chi connectivity index (χ3n) is 4.50. The lowest BCUT2D eigenvalue weighted by Crippen LogP contribution is -2.27. The number of nitrogens with one attached hydrogen (secondary N) is 1. The first-order valence-corrected chi connectivity index (χ1v) is 9.02. The first-order chi connectivity index (χ1) is 12.5. The predicted octanol–water partition coefficient (Wildman–Crippen LogP) is 3.99. The smallest absolute Gasteiger partial charge is 0.259 e. The molecule has 2 aromatic carbocycles. The van der Waals surface area contributed by atoms with Gasteiger partial charge in [-0.3, -0.25) is 4.79 Å². The van der Waals surface area contributed by atoms with Crippen LogP contribution in [0.1, 0.15) is 28.4 Å². The molecule has 3 rings (SSSR count). The van der Waals surface area contributed by atoms with Crippen LogP contribution in [0.15, 0.2) is 30.3 Å². The summed E-state index contributed by atoms with van der Waals surface area (Å²) in [6.07, 6.45) is 0.906. The van der Waals surface area contributed by atoms with Crippen molar-refractivity contribution < 1.29 is 14.3 Å². The van der Waals surface area contributed by atoms with Crippen LogP contribution in [0.2, 0.25) is 5.02 Å². The fourth-order valence-electron chi connectivity index (χ4n) is 3.20. The van der Waals surface area contributed by atoms with Crippen molar-refractivity contribution in [2.75, 3.05) is 32.6 Å². The number of halogens is 1. The van der Waals surface area contributed by atoms with Crippen molar-refractivity contribution in [3.05, 3.63) is 52.0 Å². The van der Waals surface area contributed by atoms with Gasteiger partial charge in [-0.2, -0.15) is 0 Å². The molecule has 0 bridgehead atoms. The number of methoxy groups -OCH3 is 1. The lowest BCUT2D eigenvalue weighted by Gasteiger charge is -2.26. The Balaban J connectivity index is 1.89. The lowest BCUT2D eigenvalue weighted by molar-refractivity contribution is 0.102. The molecule has 0 unspecified atom stereocenters. The second kappa shape index (κ2) is 7.98. The molecule has 0 atom stereocenters. The van der Waals surface area contributed by atoms with Crippen LogP contribution in [0.4, 0.5) is 5.69 Å². The van der Waals surface area contributed by atoms with Crippen molar-refractivity contribution in [1.82, 2.24) is 4.90 Å². The maximum atomic E-state index is 12.9. The highest BCUT2D eigenvalue weighted by molar-refractivity contribution is 6.32. The molecule has 1 heterocycles. The van der Waals surface area contributed by atoms with Gasteiger partial charge in [0, 0.05) is 24.8 Å². The van der Waals surface area contributed by atoms with Gasteiger partial charge in [0.1, 0.15) is 11.5 Å². The summed E-state index contributed by atoms with van der Waals surface area (Å²) in [4.78, 5) is 15.1. The van der Waals surface area contributed by atoms with E-state index in [4.69, 9.17) is 21.1 Å². The zero-order valence-corrected chi connectivity index (χ0v) is 16.0. The average molecular weight is 375 g/mol. The average Bonchev–Trinajstić information content (AvgIpc) is 2.63. The van der Waals surface area contributed by atoms with E-state index in [1.54, 1.807) is 12.1 Å². The van der Waals surface area contributed by atoms with Crippen molar-refractivity contribution >= 4 is 23.2 Å². The van der Waals surface area contributed by atoms with Crippen LogP contribution in [0, 0.1) is 0 Å². The Hall–Kier alpha value is -2.24. The Labute approximate surface area is 158 Å². The number of likely N-dealkylation sites (N-methyl/N-ethyl adjacent to an activating group) is 1. The Kier molecular flexibility index (Phi) is 5.69. The topological polar surface area (TPSA) is 50.8 Å². The maximum absolute atomic E-state index is 12.9. The Morgan fingerprint density at radius 2 is 2.12 bits per heavy atom. The van der Waals surface area contributed by atoms with E-state index < -0.39 is 0 Å². The van der Waals surface area contributed by atoms with Gasteiger partial charge in [-0.1, -0.05) is 23.7 Å². The van der Waals surface area contributed by atoms with Gasteiger partial charge >= 0.3 is 0 Å². The van der Waals surface area contributed by atoms with Gasteiger partial charge in [0.2, 0.25) is 0 Å². The van der Waals surface area contributed by atoms with E-state index in [1.165, 1.54) is 18.2 Å². The van der Waals surface area contributed by atoms with Gasteiger partial charge in [-0.05, 0) is 43.7 Å². The van der Waals surface area contributed by atoms with Crippen LogP contribution in [-0.4, -0.2) is 38.1 Å². The molecule has 6 heteroatoms. The van der Waals surface area contributed by atoms with Crippen LogP contribution < -0.4 is 14.8 Å². The molecular formula is C20H23ClN2O3. The van der Waals surface area contributed by atoms with Gasteiger partial charge < -0.3 is 19.7 Å². The molecule has 2 aromatic rings. The van der Waals surface area contributed by atoms with Crippen LogP contribution in [0.5, 0.6) is 11.5 Å². The Morgan fingerprint density at radius 3 is 2.85 bits per heavy atom. The Morgan fingerprint density at radius 1 is 1.31 bits per heavy atom. The fourth-order valence-corrected chi connectivity index (χ4v) is 3.42. The number of ether oxygens (including phenoxy) is 2. The molecule has 26 heavy (non-hydrogen) atoms. The molecule has 1 aliphatic heterocycles. The van der Waals surface area contributed by atoms with E-state index in [-0.39, 0.29) is 5.91 Å². The van der Waals surface area contributed by atoms with Crippen LogP contribution in [0.25, 0.3) is 0 Å². The minimum atomic E-state index is -0.251. The number of rotatable bonds is 5. The summed E-state index contributed by atoms with van der Waals surface area (Å²) in [5, 5.41) is 3.40.